The first kappa shape index (κ1) is 17.0. The van der Waals surface area contributed by atoms with E-state index < -0.39 is 6.10 Å². The van der Waals surface area contributed by atoms with Gasteiger partial charge in [0.05, 0.1) is 19.6 Å². The molecule has 3 aromatic rings. The lowest BCUT2D eigenvalue weighted by atomic mass is 10.0. The largest absolute Gasteiger partial charge is 0.497 e. The average molecular weight is 335 g/mol. The predicted octanol–water partition coefficient (Wildman–Crippen LogP) is 3.24. The second-order valence-electron chi connectivity index (χ2n) is 5.91. The van der Waals surface area contributed by atoms with Gasteiger partial charge in [-0.25, -0.2) is 0 Å². The van der Waals surface area contributed by atoms with Gasteiger partial charge in [-0.3, -0.25) is 4.79 Å². The Kier molecular flexibility index (Phi) is 5.31. The van der Waals surface area contributed by atoms with Gasteiger partial charge in [0.25, 0.3) is 0 Å². The van der Waals surface area contributed by atoms with Crippen LogP contribution in [-0.4, -0.2) is 24.7 Å². The molecule has 128 valence electrons. The maximum absolute atomic E-state index is 12.3. The average Bonchev–Trinajstić information content (AvgIpc) is 2.66. The molecule has 3 rings (SSSR count). The highest BCUT2D eigenvalue weighted by atomic mass is 16.5. The summed E-state index contributed by atoms with van der Waals surface area (Å²) in [5.74, 6) is 0.625. The molecule has 1 amide bonds. The number of aliphatic hydroxyl groups is 1. The number of hydrogen-bond donors (Lipinski definition) is 2. The molecular weight excluding hydrogens is 314 g/mol. The molecule has 0 aliphatic heterocycles. The number of methoxy groups -OCH3 is 1. The molecule has 1 unspecified atom stereocenters. The Morgan fingerprint density at radius 3 is 2.52 bits per heavy atom. The van der Waals surface area contributed by atoms with Crippen molar-refractivity contribution >= 4 is 16.7 Å². The molecular formula is C21H21NO3. The Morgan fingerprint density at radius 1 is 1.04 bits per heavy atom. The van der Waals surface area contributed by atoms with Gasteiger partial charge in [0.15, 0.2) is 0 Å². The SMILES string of the molecule is COc1ccc(C(O)CNC(=O)Cc2cccc3ccccc23)cc1. The van der Waals surface area contributed by atoms with Gasteiger partial charge in [0.1, 0.15) is 5.75 Å². The third-order valence-electron chi connectivity index (χ3n) is 4.22. The second-order valence-corrected chi connectivity index (χ2v) is 5.91. The van der Waals surface area contributed by atoms with E-state index in [0.717, 1.165) is 27.6 Å². The number of amides is 1. The highest BCUT2D eigenvalue weighted by molar-refractivity contribution is 5.90. The number of aliphatic hydroxyl groups excluding tert-OH is 1. The summed E-state index contributed by atoms with van der Waals surface area (Å²) in [5, 5.41) is 15.2. The lowest BCUT2D eigenvalue weighted by Gasteiger charge is -2.13. The Hall–Kier alpha value is -2.85. The highest BCUT2D eigenvalue weighted by Crippen LogP contribution is 2.19. The van der Waals surface area contributed by atoms with Crippen molar-refractivity contribution in [3.63, 3.8) is 0 Å². The summed E-state index contributed by atoms with van der Waals surface area (Å²) < 4.78 is 5.10. The Balaban J connectivity index is 1.60. The second kappa shape index (κ2) is 7.81. The van der Waals surface area contributed by atoms with Crippen LogP contribution in [0.2, 0.25) is 0 Å². The van der Waals surface area contributed by atoms with Crippen LogP contribution in [0.25, 0.3) is 10.8 Å². The van der Waals surface area contributed by atoms with E-state index in [1.807, 2.05) is 42.5 Å². The number of benzene rings is 3. The molecule has 0 fully saturated rings. The van der Waals surface area contributed by atoms with Crippen molar-refractivity contribution in [2.24, 2.45) is 0 Å². The first-order chi connectivity index (χ1) is 12.2. The molecule has 3 aromatic carbocycles. The van der Waals surface area contributed by atoms with E-state index >= 15 is 0 Å². The topological polar surface area (TPSA) is 58.6 Å². The van der Waals surface area contributed by atoms with E-state index in [1.54, 1.807) is 31.4 Å². The molecule has 1 atom stereocenters. The van der Waals surface area contributed by atoms with Crippen LogP contribution in [0.15, 0.2) is 66.7 Å². The van der Waals surface area contributed by atoms with Gasteiger partial charge in [-0.15, -0.1) is 0 Å². The number of fused-ring (bicyclic) bond motifs is 1. The lowest BCUT2D eigenvalue weighted by molar-refractivity contribution is -0.120. The zero-order valence-corrected chi connectivity index (χ0v) is 14.1. The molecule has 0 aromatic heterocycles. The molecule has 4 heteroatoms. The van der Waals surface area contributed by atoms with Gasteiger partial charge in [0, 0.05) is 6.54 Å². The third-order valence-corrected chi connectivity index (χ3v) is 4.22. The van der Waals surface area contributed by atoms with E-state index in [9.17, 15) is 9.90 Å². The molecule has 0 radical (unpaired) electrons. The summed E-state index contributed by atoms with van der Waals surface area (Å²) in [5.41, 5.74) is 1.72. The fraction of sp³-hybridized carbons (Fsp3) is 0.190. The molecule has 0 bridgehead atoms. The van der Waals surface area contributed by atoms with Gasteiger partial charge in [0.2, 0.25) is 5.91 Å². The minimum Gasteiger partial charge on any atom is -0.497 e. The molecule has 0 aliphatic rings. The van der Waals surface area contributed by atoms with E-state index in [1.165, 1.54) is 0 Å². The van der Waals surface area contributed by atoms with Crippen LogP contribution in [0.3, 0.4) is 0 Å². The molecule has 0 heterocycles. The summed E-state index contributed by atoms with van der Waals surface area (Å²) in [7, 11) is 1.60. The van der Waals surface area contributed by atoms with Crippen LogP contribution in [0, 0.1) is 0 Å². The molecule has 0 spiro atoms. The van der Waals surface area contributed by atoms with Crippen molar-refractivity contribution in [2.45, 2.75) is 12.5 Å². The van der Waals surface area contributed by atoms with Gasteiger partial charge < -0.3 is 15.2 Å². The maximum Gasteiger partial charge on any atom is 0.224 e. The van der Waals surface area contributed by atoms with Crippen molar-refractivity contribution in [1.82, 2.24) is 5.32 Å². The van der Waals surface area contributed by atoms with Crippen LogP contribution in [0.1, 0.15) is 17.2 Å². The molecule has 0 aliphatic carbocycles. The maximum atomic E-state index is 12.3. The number of rotatable bonds is 6. The molecule has 25 heavy (non-hydrogen) atoms. The lowest BCUT2D eigenvalue weighted by Crippen LogP contribution is -2.29. The van der Waals surface area contributed by atoms with Crippen LogP contribution < -0.4 is 10.1 Å². The highest BCUT2D eigenvalue weighted by Gasteiger charge is 2.11. The summed E-state index contributed by atoms with van der Waals surface area (Å²) in [6.45, 7) is 0.177. The standard InChI is InChI=1S/C21H21NO3/c1-25-18-11-9-16(10-12-18)20(23)14-22-21(24)13-17-7-4-6-15-5-2-3-8-19(15)17/h2-12,20,23H,13-14H2,1H3,(H,22,24). The zero-order chi connectivity index (χ0) is 17.6. The van der Waals surface area contributed by atoms with Crippen molar-refractivity contribution < 1.29 is 14.6 Å². The number of nitrogens with one attached hydrogen (secondary N) is 1. The summed E-state index contributed by atoms with van der Waals surface area (Å²) in [6, 6.07) is 21.1. The predicted molar refractivity (Wildman–Crippen MR) is 98.6 cm³/mol. The number of carbonyl (C=O) groups is 1. The summed E-state index contributed by atoms with van der Waals surface area (Å²) >= 11 is 0. The Morgan fingerprint density at radius 2 is 1.76 bits per heavy atom. The smallest absolute Gasteiger partial charge is 0.224 e. The van der Waals surface area contributed by atoms with Crippen LogP contribution in [-0.2, 0) is 11.2 Å². The monoisotopic (exact) mass is 335 g/mol. The van der Waals surface area contributed by atoms with E-state index in [4.69, 9.17) is 4.74 Å². The normalized spacial score (nSPS) is 11.9. The molecule has 0 saturated carbocycles. The number of carbonyl (C=O) groups excluding carboxylic acids is 1. The van der Waals surface area contributed by atoms with Gasteiger partial charge >= 0.3 is 0 Å². The van der Waals surface area contributed by atoms with Crippen molar-refractivity contribution in [2.75, 3.05) is 13.7 Å². The minimum absolute atomic E-state index is 0.107. The van der Waals surface area contributed by atoms with E-state index in [-0.39, 0.29) is 18.9 Å². The van der Waals surface area contributed by atoms with E-state index in [0.29, 0.717) is 0 Å². The fourth-order valence-corrected chi connectivity index (χ4v) is 2.84. The van der Waals surface area contributed by atoms with Crippen molar-refractivity contribution in [1.29, 1.82) is 0 Å². The quantitative estimate of drug-likeness (QED) is 0.727. The van der Waals surface area contributed by atoms with Crippen molar-refractivity contribution in [3.8, 4) is 5.75 Å². The van der Waals surface area contributed by atoms with Gasteiger partial charge in [-0.05, 0) is 34.0 Å². The first-order valence-corrected chi connectivity index (χ1v) is 8.23. The fourth-order valence-electron chi connectivity index (χ4n) is 2.84. The van der Waals surface area contributed by atoms with Crippen molar-refractivity contribution in [3.05, 3.63) is 77.9 Å². The Bertz CT molecular complexity index is 853. The zero-order valence-electron chi connectivity index (χ0n) is 14.1. The van der Waals surface area contributed by atoms with Crippen LogP contribution >= 0.6 is 0 Å². The van der Waals surface area contributed by atoms with Crippen LogP contribution in [0.5, 0.6) is 5.75 Å². The molecule has 2 N–H and O–H groups in total. The first-order valence-electron chi connectivity index (χ1n) is 8.23. The summed E-state index contributed by atoms with van der Waals surface area (Å²) in [6.07, 6.45) is -0.459. The Labute approximate surface area is 147 Å². The van der Waals surface area contributed by atoms with E-state index in [2.05, 4.69) is 5.32 Å². The molecule has 0 saturated heterocycles. The van der Waals surface area contributed by atoms with Crippen LogP contribution in [0.4, 0.5) is 0 Å². The number of hydrogen-bond acceptors (Lipinski definition) is 3. The number of ether oxygens (including phenoxy) is 1. The minimum atomic E-state index is -0.748. The summed E-state index contributed by atoms with van der Waals surface area (Å²) in [4.78, 5) is 12.3. The molecule has 4 nitrogen and oxygen atoms in total. The van der Waals surface area contributed by atoms with Gasteiger partial charge in [-0.1, -0.05) is 54.6 Å². The van der Waals surface area contributed by atoms with Gasteiger partial charge in [-0.2, -0.15) is 0 Å². The third kappa shape index (κ3) is 4.17.